The quantitative estimate of drug-likeness (QED) is 0.750. The molecule has 2 saturated heterocycles. The van der Waals surface area contributed by atoms with Crippen molar-refractivity contribution in [3.05, 3.63) is 60.2 Å². The van der Waals surface area contributed by atoms with Crippen LogP contribution in [-0.2, 0) is 16.4 Å². The minimum atomic E-state index is -3.10. The zero-order valence-corrected chi connectivity index (χ0v) is 16.0. The van der Waals surface area contributed by atoms with E-state index in [1.165, 1.54) is 0 Å². The van der Waals surface area contributed by atoms with Gasteiger partial charge in [-0.15, -0.1) is 0 Å². The van der Waals surface area contributed by atoms with Crippen molar-refractivity contribution in [3.8, 4) is 5.75 Å². The number of fused-ring (bicyclic) bond motifs is 1. The molecule has 0 radical (unpaired) electrons. The zero-order valence-electron chi connectivity index (χ0n) is 14.4. The minimum absolute atomic E-state index is 0.112. The van der Waals surface area contributed by atoms with Gasteiger partial charge in [0.05, 0.1) is 36.4 Å². The normalized spacial score (nSPS) is 24.0. The van der Waals surface area contributed by atoms with Crippen molar-refractivity contribution in [2.45, 2.75) is 18.6 Å². The SMILES string of the molecule is COc1ccccc1N1C(=S)N(Cc2ccccc2)[C@H]2CS(=O)(=O)C[C@H]21. The van der Waals surface area contributed by atoms with Crippen LogP contribution < -0.4 is 9.64 Å². The smallest absolute Gasteiger partial charge is 0.177 e. The standard InChI is InChI=1S/C19H20N2O3S2/c1-24-18-10-6-5-9-15(18)21-17-13-26(22,23)12-16(17)20(19(21)25)11-14-7-3-2-4-8-14/h2-10,16-17H,11-13H2,1H3/t16-,17+/m0/s1. The molecule has 4 rings (SSSR count). The van der Waals surface area contributed by atoms with Crippen LogP contribution in [0.15, 0.2) is 54.6 Å². The Labute approximate surface area is 159 Å². The molecule has 0 spiro atoms. The molecular weight excluding hydrogens is 368 g/mol. The number of hydrogen-bond donors (Lipinski definition) is 0. The molecule has 2 aromatic rings. The van der Waals surface area contributed by atoms with Gasteiger partial charge in [0.2, 0.25) is 0 Å². The Morgan fingerprint density at radius 1 is 1.04 bits per heavy atom. The largest absolute Gasteiger partial charge is 0.495 e. The maximum absolute atomic E-state index is 12.4. The van der Waals surface area contributed by atoms with E-state index < -0.39 is 9.84 Å². The van der Waals surface area contributed by atoms with Gasteiger partial charge < -0.3 is 14.5 Å². The molecule has 7 heteroatoms. The average molecular weight is 389 g/mol. The first-order valence-corrected chi connectivity index (χ1v) is 10.7. The van der Waals surface area contributed by atoms with Crippen molar-refractivity contribution < 1.29 is 13.2 Å². The highest BCUT2D eigenvalue weighted by molar-refractivity contribution is 7.91. The molecule has 0 N–H and O–H groups in total. The highest BCUT2D eigenvalue weighted by Crippen LogP contribution is 2.39. The highest BCUT2D eigenvalue weighted by Gasteiger charge is 2.52. The Morgan fingerprint density at radius 2 is 1.69 bits per heavy atom. The van der Waals surface area contributed by atoms with E-state index in [4.69, 9.17) is 17.0 Å². The summed E-state index contributed by atoms with van der Waals surface area (Å²) < 4.78 is 30.2. The number of anilines is 1. The van der Waals surface area contributed by atoms with E-state index in [-0.39, 0.29) is 23.6 Å². The van der Waals surface area contributed by atoms with E-state index in [1.54, 1.807) is 7.11 Å². The molecular formula is C19H20N2O3S2. The van der Waals surface area contributed by atoms with E-state index in [9.17, 15) is 8.42 Å². The molecule has 2 aliphatic heterocycles. The van der Waals surface area contributed by atoms with E-state index >= 15 is 0 Å². The second kappa shape index (κ2) is 6.55. The van der Waals surface area contributed by atoms with Crippen LogP contribution in [0, 0.1) is 0 Å². The number of methoxy groups -OCH3 is 1. The Kier molecular flexibility index (Phi) is 4.36. The lowest BCUT2D eigenvalue weighted by molar-refractivity contribution is 0.350. The predicted molar refractivity (Wildman–Crippen MR) is 106 cm³/mol. The van der Waals surface area contributed by atoms with Gasteiger partial charge in [-0.2, -0.15) is 0 Å². The first-order valence-electron chi connectivity index (χ1n) is 8.47. The van der Waals surface area contributed by atoms with Crippen molar-refractivity contribution in [3.63, 3.8) is 0 Å². The molecule has 2 atom stereocenters. The van der Waals surface area contributed by atoms with Crippen molar-refractivity contribution in [1.29, 1.82) is 0 Å². The lowest BCUT2D eigenvalue weighted by atomic mass is 10.1. The van der Waals surface area contributed by atoms with Crippen LogP contribution in [0.1, 0.15) is 5.56 Å². The summed E-state index contributed by atoms with van der Waals surface area (Å²) in [5.74, 6) is 0.941. The summed E-state index contributed by atoms with van der Waals surface area (Å²) >= 11 is 5.78. The fourth-order valence-corrected chi connectivity index (χ4v) is 6.24. The van der Waals surface area contributed by atoms with Crippen LogP contribution in [0.2, 0.25) is 0 Å². The van der Waals surface area contributed by atoms with Gasteiger partial charge in [0.15, 0.2) is 14.9 Å². The van der Waals surface area contributed by atoms with E-state index in [0.29, 0.717) is 17.4 Å². The molecule has 0 unspecified atom stereocenters. The number of thiocarbonyl (C=S) groups is 1. The van der Waals surface area contributed by atoms with Gasteiger partial charge in [0.25, 0.3) is 0 Å². The molecule has 26 heavy (non-hydrogen) atoms. The second-order valence-electron chi connectivity index (χ2n) is 6.65. The number of ether oxygens (including phenoxy) is 1. The van der Waals surface area contributed by atoms with E-state index in [2.05, 4.69) is 0 Å². The number of hydrogen-bond acceptors (Lipinski definition) is 4. The molecule has 2 aliphatic rings. The highest BCUT2D eigenvalue weighted by atomic mass is 32.2. The number of para-hydroxylation sites is 2. The molecule has 2 aromatic carbocycles. The molecule has 136 valence electrons. The van der Waals surface area contributed by atoms with Gasteiger partial charge >= 0.3 is 0 Å². The summed E-state index contributed by atoms with van der Waals surface area (Å²) in [5.41, 5.74) is 1.93. The molecule has 2 fully saturated rings. The van der Waals surface area contributed by atoms with Gasteiger partial charge in [-0.05, 0) is 29.9 Å². The van der Waals surface area contributed by atoms with Gasteiger partial charge in [0, 0.05) is 6.54 Å². The lowest BCUT2D eigenvalue weighted by Gasteiger charge is -2.26. The zero-order chi connectivity index (χ0) is 18.3. The lowest BCUT2D eigenvalue weighted by Crippen LogP contribution is -2.37. The third-order valence-electron chi connectivity index (χ3n) is 5.02. The summed E-state index contributed by atoms with van der Waals surface area (Å²) in [7, 11) is -1.48. The molecule has 0 aliphatic carbocycles. The molecule has 5 nitrogen and oxygen atoms in total. The van der Waals surface area contributed by atoms with Gasteiger partial charge in [0.1, 0.15) is 5.75 Å². The Morgan fingerprint density at radius 3 is 2.42 bits per heavy atom. The van der Waals surface area contributed by atoms with Crippen LogP contribution >= 0.6 is 12.2 Å². The molecule has 0 aromatic heterocycles. The summed E-state index contributed by atoms with van der Waals surface area (Å²) in [6.45, 7) is 0.599. The number of nitrogens with zero attached hydrogens (tertiary/aromatic N) is 2. The van der Waals surface area contributed by atoms with E-state index in [1.807, 2.05) is 64.4 Å². The second-order valence-corrected chi connectivity index (χ2v) is 9.17. The van der Waals surface area contributed by atoms with Crippen LogP contribution in [0.5, 0.6) is 5.75 Å². The van der Waals surface area contributed by atoms with Gasteiger partial charge in [-0.25, -0.2) is 8.42 Å². The molecule has 0 amide bonds. The van der Waals surface area contributed by atoms with Crippen LogP contribution in [-0.4, -0.2) is 49.1 Å². The topological polar surface area (TPSA) is 49.9 Å². The van der Waals surface area contributed by atoms with Crippen LogP contribution in [0.3, 0.4) is 0 Å². The average Bonchev–Trinajstić information content (AvgIpc) is 3.07. The minimum Gasteiger partial charge on any atom is -0.495 e. The molecule has 2 heterocycles. The van der Waals surface area contributed by atoms with Crippen molar-refractivity contribution in [2.24, 2.45) is 0 Å². The summed E-state index contributed by atoms with van der Waals surface area (Å²) in [5, 5.41) is 0.656. The van der Waals surface area contributed by atoms with Crippen molar-refractivity contribution in [1.82, 2.24) is 4.90 Å². The number of sulfone groups is 1. The van der Waals surface area contributed by atoms with Crippen molar-refractivity contribution >= 4 is 32.9 Å². The third kappa shape index (κ3) is 2.95. The summed E-state index contributed by atoms with van der Waals surface area (Å²) in [6.07, 6.45) is 0. The number of rotatable bonds is 4. The monoisotopic (exact) mass is 388 g/mol. The van der Waals surface area contributed by atoms with Gasteiger partial charge in [-0.3, -0.25) is 0 Å². The van der Waals surface area contributed by atoms with Crippen molar-refractivity contribution in [2.75, 3.05) is 23.5 Å². The summed E-state index contributed by atoms with van der Waals surface area (Å²) in [4.78, 5) is 4.01. The van der Waals surface area contributed by atoms with Crippen LogP contribution in [0.25, 0.3) is 0 Å². The van der Waals surface area contributed by atoms with Gasteiger partial charge in [-0.1, -0.05) is 42.5 Å². The Hall–Kier alpha value is -2.12. The first-order chi connectivity index (χ1) is 12.5. The predicted octanol–water partition coefficient (Wildman–Crippen LogP) is 2.47. The fourth-order valence-electron chi connectivity index (χ4n) is 3.85. The van der Waals surface area contributed by atoms with Crippen LogP contribution in [0.4, 0.5) is 5.69 Å². The maximum Gasteiger partial charge on any atom is 0.177 e. The molecule has 0 saturated carbocycles. The summed E-state index contributed by atoms with van der Waals surface area (Å²) in [6, 6.07) is 17.3. The Balaban J connectivity index is 1.74. The first kappa shape index (κ1) is 17.3. The fraction of sp³-hybridized carbons (Fsp3) is 0.316. The Bertz CT molecular complexity index is 931. The number of benzene rings is 2. The van der Waals surface area contributed by atoms with E-state index in [0.717, 1.165) is 11.3 Å². The molecule has 0 bridgehead atoms. The third-order valence-corrected chi connectivity index (χ3v) is 7.15. The maximum atomic E-state index is 12.4.